The highest BCUT2D eigenvalue weighted by atomic mass is 16.2. The van der Waals surface area contributed by atoms with Crippen LogP contribution in [0.5, 0.6) is 0 Å². The van der Waals surface area contributed by atoms with E-state index in [0.29, 0.717) is 24.9 Å². The third kappa shape index (κ3) is 7.68. The number of carbonyl (C=O) groups is 1. The van der Waals surface area contributed by atoms with Crippen molar-refractivity contribution in [2.75, 3.05) is 26.2 Å². The molecule has 0 saturated carbocycles. The van der Waals surface area contributed by atoms with Crippen molar-refractivity contribution < 1.29 is 4.79 Å². The Hall–Kier alpha value is -2.02. The van der Waals surface area contributed by atoms with Crippen molar-refractivity contribution in [3.8, 4) is 6.07 Å². The highest BCUT2D eigenvalue weighted by Gasteiger charge is 2.18. The van der Waals surface area contributed by atoms with E-state index in [1.54, 1.807) is 23.3 Å². The molecule has 1 amide bonds. The molecule has 0 atom stereocenters. The molecule has 0 N–H and O–H groups in total. The Kier molecular flexibility index (Phi) is 9.69. The summed E-state index contributed by atoms with van der Waals surface area (Å²) in [4.78, 5) is 16.1. The lowest BCUT2D eigenvalue weighted by atomic mass is 10.1. The van der Waals surface area contributed by atoms with Crippen LogP contribution in [0.2, 0.25) is 0 Å². The van der Waals surface area contributed by atoms with Gasteiger partial charge in [0.15, 0.2) is 0 Å². The van der Waals surface area contributed by atoms with Gasteiger partial charge < -0.3 is 9.80 Å². The predicted molar refractivity (Wildman–Crippen MR) is 91.9 cm³/mol. The number of carbonyl (C=O) groups excluding carboxylic acids is 1. The molecule has 0 fully saturated rings. The smallest absolute Gasteiger partial charge is 0.266 e. The summed E-state index contributed by atoms with van der Waals surface area (Å²) in [6, 6.07) is 2.04. The van der Waals surface area contributed by atoms with Crippen LogP contribution in [0.15, 0.2) is 37.1 Å². The van der Waals surface area contributed by atoms with Crippen LogP contribution in [0, 0.1) is 23.2 Å². The number of hydrogen-bond acceptors (Lipinski definition) is 3. The maximum absolute atomic E-state index is 12.5. The van der Waals surface area contributed by atoms with Gasteiger partial charge in [0.25, 0.3) is 5.91 Å². The van der Waals surface area contributed by atoms with E-state index in [9.17, 15) is 10.1 Å². The second-order valence-corrected chi connectivity index (χ2v) is 6.18. The highest BCUT2D eigenvalue weighted by molar-refractivity contribution is 5.97. The zero-order valence-corrected chi connectivity index (χ0v) is 14.4. The topological polar surface area (TPSA) is 47.3 Å². The van der Waals surface area contributed by atoms with Crippen LogP contribution in [0.25, 0.3) is 0 Å². The minimum absolute atomic E-state index is 0.157. The number of amides is 1. The van der Waals surface area contributed by atoms with Crippen molar-refractivity contribution in [2.45, 2.75) is 27.7 Å². The molecule has 0 bridgehead atoms. The summed E-state index contributed by atoms with van der Waals surface area (Å²) in [6.07, 6.45) is 4.99. The van der Waals surface area contributed by atoms with Crippen molar-refractivity contribution in [3.63, 3.8) is 0 Å². The van der Waals surface area contributed by atoms with Crippen molar-refractivity contribution >= 4 is 5.91 Å². The van der Waals surface area contributed by atoms with Gasteiger partial charge in [-0.05, 0) is 11.8 Å². The maximum atomic E-state index is 12.5. The fourth-order valence-corrected chi connectivity index (χ4v) is 2.15. The molecule has 0 aromatic heterocycles. The SMILES string of the molecule is C=CCN(CC=C)C(=O)/C(C#N)=C\N(CC(C)C)CC(C)C. The molecule has 22 heavy (non-hydrogen) atoms. The van der Waals surface area contributed by atoms with Crippen molar-refractivity contribution in [1.82, 2.24) is 9.80 Å². The van der Waals surface area contributed by atoms with E-state index in [-0.39, 0.29) is 11.5 Å². The third-order valence-corrected chi connectivity index (χ3v) is 2.85. The number of rotatable bonds is 10. The molecule has 0 spiro atoms. The summed E-state index contributed by atoms with van der Waals surface area (Å²) < 4.78 is 0. The van der Waals surface area contributed by atoms with E-state index in [0.717, 1.165) is 13.1 Å². The Balaban J connectivity index is 5.29. The molecule has 4 heteroatoms. The standard InChI is InChI=1S/C18H29N3O/c1-7-9-21(10-8-2)18(22)17(11-19)14-20(12-15(3)4)13-16(5)6/h7-8,14-16H,1-2,9-10,12-13H2,3-6H3/b17-14-. The Morgan fingerprint density at radius 1 is 1.09 bits per heavy atom. The first-order valence-corrected chi connectivity index (χ1v) is 7.72. The molecule has 122 valence electrons. The van der Waals surface area contributed by atoms with Crippen LogP contribution >= 0.6 is 0 Å². The molecule has 0 aliphatic rings. The lowest BCUT2D eigenvalue weighted by Crippen LogP contribution is -2.34. The van der Waals surface area contributed by atoms with Gasteiger partial charge in [-0.25, -0.2) is 0 Å². The minimum atomic E-state index is -0.278. The molecule has 0 unspecified atom stereocenters. The van der Waals surface area contributed by atoms with E-state index >= 15 is 0 Å². The van der Waals surface area contributed by atoms with E-state index in [4.69, 9.17) is 0 Å². The fraction of sp³-hybridized carbons (Fsp3) is 0.556. The van der Waals surface area contributed by atoms with Crippen molar-refractivity contribution in [2.24, 2.45) is 11.8 Å². The van der Waals surface area contributed by atoms with Gasteiger partial charge in [-0.1, -0.05) is 39.8 Å². The lowest BCUT2D eigenvalue weighted by Gasteiger charge is -2.26. The molecule has 0 radical (unpaired) electrons. The average Bonchev–Trinajstić information content (AvgIpc) is 2.42. The molecule has 0 rings (SSSR count). The molecular formula is C18H29N3O. The van der Waals surface area contributed by atoms with Gasteiger partial charge in [-0.3, -0.25) is 4.79 Å². The molecule has 0 aromatic rings. The maximum Gasteiger partial charge on any atom is 0.266 e. The predicted octanol–water partition coefficient (Wildman–Crippen LogP) is 3.21. The van der Waals surface area contributed by atoms with Gasteiger partial charge in [0.05, 0.1) is 0 Å². The third-order valence-electron chi connectivity index (χ3n) is 2.85. The summed E-state index contributed by atoms with van der Waals surface area (Å²) in [5.41, 5.74) is 0.157. The molecule has 4 nitrogen and oxygen atoms in total. The van der Waals surface area contributed by atoms with Gasteiger partial charge >= 0.3 is 0 Å². The van der Waals surface area contributed by atoms with Gasteiger partial charge in [0, 0.05) is 32.4 Å². The zero-order valence-electron chi connectivity index (χ0n) is 14.4. The van der Waals surface area contributed by atoms with Crippen LogP contribution in [0.4, 0.5) is 0 Å². The van der Waals surface area contributed by atoms with Gasteiger partial charge in [-0.15, -0.1) is 13.2 Å². The summed E-state index contributed by atoms with van der Waals surface area (Å²) >= 11 is 0. The summed E-state index contributed by atoms with van der Waals surface area (Å²) in [7, 11) is 0. The molecule has 0 aliphatic heterocycles. The Labute approximate surface area is 135 Å². The van der Waals surface area contributed by atoms with Crippen LogP contribution in [-0.4, -0.2) is 41.9 Å². The molecule has 0 saturated heterocycles. The van der Waals surface area contributed by atoms with Gasteiger partial charge in [0.2, 0.25) is 0 Å². The van der Waals surface area contributed by atoms with Crippen molar-refractivity contribution in [1.29, 1.82) is 5.26 Å². The first-order chi connectivity index (χ1) is 10.3. The second-order valence-electron chi connectivity index (χ2n) is 6.18. The first kappa shape index (κ1) is 20.0. The first-order valence-electron chi connectivity index (χ1n) is 7.72. The summed E-state index contributed by atoms with van der Waals surface area (Å²) in [5.74, 6) is 0.643. The normalized spacial score (nSPS) is 11.2. The average molecular weight is 303 g/mol. The fourth-order valence-electron chi connectivity index (χ4n) is 2.15. The lowest BCUT2D eigenvalue weighted by molar-refractivity contribution is -0.125. The molecule has 0 aliphatic carbocycles. The largest absolute Gasteiger partial charge is 0.376 e. The van der Waals surface area contributed by atoms with E-state index < -0.39 is 0 Å². The van der Waals surface area contributed by atoms with Crippen molar-refractivity contribution in [3.05, 3.63) is 37.1 Å². The Bertz CT molecular complexity index is 424. The zero-order chi connectivity index (χ0) is 17.1. The Morgan fingerprint density at radius 3 is 1.86 bits per heavy atom. The monoisotopic (exact) mass is 303 g/mol. The highest BCUT2D eigenvalue weighted by Crippen LogP contribution is 2.09. The van der Waals surface area contributed by atoms with Gasteiger partial charge in [-0.2, -0.15) is 5.26 Å². The minimum Gasteiger partial charge on any atom is -0.376 e. The Morgan fingerprint density at radius 2 is 1.55 bits per heavy atom. The molecule has 0 aromatic carbocycles. The number of nitriles is 1. The van der Waals surface area contributed by atoms with E-state index in [2.05, 4.69) is 45.8 Å². The quantitative estimate of drug-likeness (QED) is 0.354. The van der Waals surface area contributed by atoms with E-state index in [1.807, 2.05) is 6.07 Å². The van der Waals surface area contributed by atoms with Gasteiger partial charge in [0.1, 0.15) is 11.6 Å². The van der Waals surface area contributed by atoms with Crippen LogP contribution < -0.4 is 0 Å². The van der Waals surface area contributed by atoms with Crippen LogP contribution in [-0.2, 0) is 4.79 Å². The molecule has 0 heterocycles. The number of nitrogens with zero attached hydrogens (tertiary/aromatic N) is 3. The van der Waals surface area contributed by atoms with Crippen LogP contribution in [0.3, 0.4) is 0 Å². The van der Waals surface area contributed by atoms with E-state index in [1.165, 1.54) is 0 Å². The number of hydrogen-bond donors (Lipinski definition) is 0. The summed E-state index contributed by atoms with van der Waals surface area (Å²) in [6.45, 7) is 18.2. The summed E-state index contributed by atoms with van der Waals surface area (Å²) in [5, 5.41) is 9.35. The van der Waals surface area contributed by atoms with Crippen LogP contribution in [0.1, 0.15) is 27.7 Å². The molecular weight excluding hydrogens is 274 g/mol. The second kappa shape index (κ2) is 10.7.